The fraction of sp³-hybridized carbons (Fsp3) is 0.533. The van der Waals surface area contributed by atoms with Crippen molar-refractivity contribution in [3.05, 3.63) is 23.8 Å². The summed E-state index contributed by atoms with van der Waals surface area (Å²) in [5, 5.41) is 2.79. The summed E-state index contributed by atoms with van der Waals surface area (Å²) in [7, 11) is 0. The van der Waals surface area contributed by atoms with Crippen LogP contribution in [-0.2, 0) is 14.3 Å². The average Bonchev–Trinajstić information content (AvgIpc) is 2.44. The number of hydrogen-bond acceptors (Lipinski definition) is 4. The highest BCUT2D eigenvalue weighted by Gasteiger charge is 2.15. The number of benzene rings is 1. The molecule has 0 aliphatic carbocycles. The molecule has 1 aliphatic rings. The molecular formula is C15H22N2O3. The summed E-state index contributed by atoms with van der Waals surface area (Å²) in [5.41, 5.74) is 8.00. The Hall–Kier alpha value is -1.59. The minimum atomic E-state index is -0.193. The Kier molecular flexibility index (Phi) is 5.38. The maximum atomic E-state index is 11.8. The van der Waals surface area contributed by atoms with E-state index in [0.29, 0.717) is 18.0 Å². The summed E-state index contributed by atoms with van der Waals surface area (Å²) in [5.74, 6) is -0.193. The Morgan fingerprint density at radius 3 is 3.05 bits per heavy atom. The maximum absolute atomic E-state index is 11.8. The Balaban J connectivity index is 1.75. The van der Waals surface area contributed by atoms with Gasteiger partial charge in [-0.2, -0.15) is 0 Å². The van der Waals surface area contributed by atoms with E-state index in [1.807, 2.05) is 19.1 Å². The number of amides is 1. The third-order valence-corrected chi connectivity index (χ3v) is 3.38. The number of carbonyl (C=O) groups is 1. The first-order chi connectivity index (χ1) is 9.66. The smallest absolute Gasteiger partial charge is 0.250 e. The summed E-state index contributed by atoms with van der Waals surface area (Å²) >= 11 is 0. The predicted molar refractivity (Wildman–Crippen MR) is 78.6 cm³/mol. The maximum Gasteiger partial charge on any atom is 0.250 e. The van der Waals surface area contributed by atoms with Crippen LogP contribution in [0.2, 0.25) is 0 Å². The minimum absolute atomic E-state index is 0.0215. The van der Waals surface area contributed by atoms with Gasteiger partial charge in [0.25, 0.3) is 0 Å². The molecule has 3 N–H and O–H groups in total. The number of carbonyl (C=O) groups excluding carboxylic acids is 1. The molecule has 1 amide bonds. The van der Waals surface area contributed by atoms with Gasteiger partial charge in [-0.3, -0.25) is 4.79 Å². The highest BCUT2D eigenvalue weighted by Crippen LogP contribution is 2.22. The van der Waals surface area contributed by atoms with E-state index in [2.05, 4.69) is 5.32 Å². The lowest BCUT2D eigenvalue weighted by Crippen LogP contribution is -2.27. The molecule has 0 radical (unpaired) electrons. The second kappa shape index (κ2) is 7.26. The normalized spacial score (nSPS) is 18.8. The van der Waals surface area contributed by atoms with Gasteiger partial charge < -0.3 is 20.5 Å². The van der Waals surface area contributed by atoms with Crippen LogP contribution >= 0.6 is 0 Å². The van der Waals surface area contributed by atoms with E-state index >= 15 is 0 Å². The zero-order valence-corrected chi connectivity index (χ0v) is 11.9. The van der Waals surface area contributed by atoms with Crippen molar-refractivity contribution in [1.82, 2.24) is 0 Å². The molecule has 1 aliphatic heterocycles. The van der Waals surface area contributed by atoms with Crippen molar-refractivity contribution in [2.45, 2.75) is 32.3 Å². The van der Waals surface area contributed by atoms with Crippen molar-refractivity contribution >= 4 is 17.3 Å². The number of aryl methyl sites for hydroxylation is 1. The van der Waals surface area contributed by atoms with Crippen LogP contribution in [-0.4, -0.2) is 31.8 Å². The summed E-state index contributed by atoms with van der Waals surface area (Å²) < 4.78 is 10.9. The molecule has 5 heteroatoms. The fourth-order valence-electron chi connectivity index (χ4n) is 2.26. The van der Waals surface area contributed by atoms with E-state index in [1.165, 1.54) is 6.42 Å². The van der Waals surface area contributed by atoms with E-state index in [0.717, 1.165) is 25.0 Å². The van der Waals surface area contributed by atoms with Crippen molar-refractivity contribution < 1.29 is 14.3 Å². The first-order valence-corrected chi connectivity index (χ1v) is 7.01. The zero-order valence-electron chi connectivity index (χ0n) is 11.9. The number of nitrogen functional groups attached to an aromatic ring is 1. The van der Waals surface area contributed by atoms with E-state index < -0.39 is 0 Å². The molecule has 1 aromatic rings. The Bertz CT molecular complexity index is 436. The number of ether oxygens (including phenoxy) is 2. The first-order valence-electron chi connectivity index (χ1n) is 7.01. The number of nitrogens with one attached hydrogen (secondary N) is 1. The lowest BCUT2D eigenvalue weighted by molar-refractivity contribution is -0.122. The minimum Gasteiger partial charge on any atom is -0.397 e. The molecule has 5 nitrogen and oxygen atoms in total. The van der Waals surface area contributed by atoms with Crippen molar-refractivity contribution in [3.8, 4) is 0 Å². The molecule has 0 bridgehead atoms. The van der Waals surface area contributed by atoms with Crippen LogP contribution in [0.1, 0.15) is 24.8 Å². The van der Waals surface area contributed by atoms with Crippen LogP contribution in [0.5, 0.6) is 0 Å². The summed E-state index contributed by atoms with van der Waals surface area (Å²) in [6.07, 6.45) is 3.41. The molecular weight excluding hydrogens is 256 g/mol. The molecule has 1 heterocycles. The largest absolute Gasteiger partial charge is 0.397 e. The van der Waals surface area contributed by atoms with Crippen molar-refractivity contribution in [1.29, 1.82) is 0 Å². The van der Waals surface area contributed by atoms with E-state index in [-0.39, 0.29) is 18.6 Å². The third-order valence-electron chi connectivity index (χ3n) is 3.38. The van der Waals surface area contributed by atoms with Crippen LogP contribution in [0.25, 0.3) is 0 Å². The van der Waals surface area contributed by atoms with Gasteiger partial charge in [-0.1, -0.05) is 12.1 Å². The molecule has 110 valence electrons. The van der Waals surface area contributed by atoms with Gasteiger partial charge in [0.1, 0.15) is 6.61 Å². The van der Waals surface area contributed by atoms with Crippen molar-refractivity contribution in [3.63, 3.8) is 0 Å². The van der Waals surface area contributed by atoms with Gasteiger partial charge in [0.15, 0.2) is 0 Å². The number of hydrogen-bond donors (Lipinski definition) is 2. The fourth-order valence-corrected chi connectivity index (χ4v) is 2.26. The SMILES string of the molecule is Cc1cccc(N)c1NC(=O)COCC1CCCCO1. The van der Waals surface area contributed by atoms with Crippen LogP contribution in [0.15, 0.2) is 18.2 Å². The van der Waals surface area contributed by atoms with Crippen molar-refractivity contribution in [2.75, 3.05) is 30.9 Å². The highest BCUT2D eigenvalue weighted by atomic mass is 16.5. The molecule has 1 atom stereocenters. The Labute approximate surface area is 119 Å². The van der Waals surface area contributed by atoms with E-state index in [1.54, 1.807) is 6.07 Å². The predicted octanol–water partition coefficient (Wildman–Crippen LogP) is 2.10. The monoisotopic (exact) mass is 278 g/mol. The summed E-state index contributed by atoms with van der Waals surface area (Å²) in [4.78, 5) is 11.8. The van der Waals surface area contributed by atoms with Crippen LogP contribution in [0, 0.1) is 6.92 Å². The third kappa shape index (κ3) is 4.21. The molecule has 0 spiro atoms. The lowest BCUT2D eigenvalue weighted by atomic mass is 10.1. The number of nitrogens with two attached hydrogens (primary N) is 1. The van der Waals surface area contributed by atoms with Crippen LogP contribution in [0.4, 0.5) is 11.4 Å². The molecule has 1 unspecified atom stereocenters. The zero-order chi connectivity index (χ0) is 14.4. The van der Waals surface area contributed by atoms with Gasteiger partial charge in [-0.15, -0.1) is 0 Å². The highest BCUT2D eigenvalue weighted by molar-refractivity contribution is 5.95. The quantitative estimate of drug-likeness (QED) is 0.809. The van der Waals surface area contributed by atoms with Gasteiger partial charge in [0.2, 0.25) is 5.91 Å². The number of para-hydroxylation sites is 1. The second-order valence-electron chi connectivity index (χ2n) is 5.09. The van der Waals surface area contributed by atoms with Gasteiger partial charge in [0.05, 0.1) is 24.1 Å². The van der Waals surface area contributed by atoms with Crippen molar-refractivity contribution in [2.24, 2.45) is 0 Å². The van der Waals surface area contributed by atoms with E-state index in [9.17, 15) is 4.79 Å². The van der Waals surface area contributed by atoms with Crippen LogP contribution < -0.4 is 11.1 Å². The number of anilines is 2. The summed E-state index contributed by atoms with van der Waals surface area (Å²) in [6.45, 7) is 3.19. The standard InChI is InChI=1S/C15H22N2O3/c1-11-5-4-7-13(16)15(11)17-14(18)10-19-9-12-6-2-3-8-20-12/h4-5,7,12H,2-3,6,8-10,16H2,1H3,(H,17,18). The van der Waals surface area contributed by atoms with E-state index in [4.69, 9.17) is 15.2 Å². The van der Waals surface area contributed by atoms with Gasteiger partial charge in [-0.25, -0.2) is 0 Å². The molecule has 1 aromatic carbocycles. The number of rotatable bonds is 5. The van der Waals surface area contributed by atoms with Gasteiger partial charge in [0, 0.05) is 6.61 Å². The van der Waals surface area contributed by atoms with Gasteiger partial charge in [-0.05, 0) is 37.8 Å². The molecule has 0 aromatic heterocycles. The van der Waals surface area contributed by atoms with Crippen LogP contribution in [0.3, 0.4) is 0 Å². The second-order valence-corrected chi connectivity index (χ2v) is 5.09. The molecule has 20 heavy (non-hydrogen) atoms. The molecule has 1 saturated heterocycles. The Morgan fingerprint density at radius 2 is 2.35 bits per heavy atom. The Morgan fingerprint density at radius 1 is 1.50 bits per heavy atom. The topological polar surface area (TPSA) is 73.6 Å². The molecule has 0 saturated carbocycles. The molecule has 1 fully saturated rings. The van der Waals surface area contributed by atoms with Gasteiger partial charge >= 0.3 is 0 Å². The summed E-state index contributed by atoms with van der Waals surface area (Å²) in [6, 6.07) is 5.53. The average molecular weight is 278 g/mol. The lowest BCUT2D eigenvalue weighted by Gasteiger charge is -2.22. The molecule has 2 rings (SSSR count). The first kappa shape index (κ1) is 14.8.